The highest BCUT2D eigenvalue weighted by Gasteiger charge is 2.27. The molecule has 1 rings (SSSR count). The number of aliphatic imine (C=N–C) groups is 2. The van der Waals surface area contributed by atoms with Gasteiger partial charge in [-0.05, 0) is 41.5 Å². The van der Waals surface area contributed by atoms with E-state index in [2.05, 4.69) is 37.7 Å². The largest absolute Gasteiger partial charge is 0.341 e. The number of carbonyl (C=O) groups is 1. The van der Waals surface area contributed by atoms with E-state index in [4.69, 9.17) is 0 Å². The molecule has 0 aromatic heterocycles. The Morgan fingerprint density at radius 3 is 2.19 bits per heavy atom. The molecule has 0 aromatic rings. The Labute approximate surface area is 136 Å². The molecule has 1 aliphatic heterocycles. The van der Waals surface area contributed by atoms with Crippen LogP contribution in [0.15, 0.2) is 9.98 Å². The minimum atomic E-state index is -0.403. The molecule has 0 bridgehead atoms. The zero-order valence-corrected chi connectivity index (χ0v) is 15.6. The van der Waals surface area contributed by atoms with Crippen LogP contribution in [0.5, 0.6) is 0 Å². The topological polar surface area (TPSA) is 45.0 Å². The minimum absolute atomic E-state index is 0.0457. The van der Waals surface area contributed by atoms with Crippen LogP contribution in [0.3, 0.4) is 0 Å². The normalized spacial score (nSPS) is 27.6. The summed E-state index contributed by atoms with van der Waals surface area (Å²) in [6.45, 7) is 14.4. The van der Waals surface area contributed by atoms with Gasteiger partial charge in [-0.1, -0.05) is 21.6 Å². The maximum absolute atomic E-state index is 12.5. The molecular weight excluding hydrogens is 302 g/mol. The first kappa shape index (κ1) is 18.6. The van der Waals surface area contributed by atoms with Gasteiger partial charge in [-0.15, -0.1) is 0 Å². The van der Waals surface area contributed by atoms with Gasteiger partial charge >= 0.3 is 0 Å². The quantitative estimate of drug-likeness (QED) is 0.746. The van der Waals surface area contributed by atoms with Crippen LogP contribution in [0.1, 0.15) is 41.5 Å². The highest BCUT2D eigenvalue weighted by molar-refractivity contribution is 8.78. The second-order valence-corrected chi connectivity index (χ2v) is 9.61. The Bertz CT molecular complexity index is 415. The third kappa shape index (κ3) is 6.02. The van der Waals surface area contributed by atoms with Crippen LogP contribution in [0, 0.1) is 0 Å². The zero-order chi connectivity index (χ0) is 16.1. The van der Waals surface area contributed by atoms with Crippen LogP contribution in [0.25, 0.3) is 0 Å². The molecule has 1 amide bonds. The maximum atomic E-state index is 12.5. The second-order valence-electron chi connectivity index (χ2n) is 6.17. The fourth-order valence-electron chi connectivity index (χ4n) is 1.83. The lowest BCUT2D eigenvalue weighted by Crippen LogP contribution is -2.40. The molecule has 1 atom stereocenters. The van der Waals surface area contributed by atoms with Gasteiger partial charge in [0.1, 0.15) is 6.04 Å². The molecule has 1 heterocycles. The lowest BCUT2D eigenvalue weighted by molar-refractivity contribution is -0.131. The summed E-state index contributed by atoms with van der Waals surface area (Å²) in [5.74, 6) is 0.0697. The van der Waals surface area contributed by atoms with Gasteiger partial charge in [0.05, 0.1) is 16.0 Å². The average Bonchev–Trinajstić information content (AvgIpc) is 2.41. The molecule has 1 unspecified atom stereocenters. The predicted molar refractivity (Wildman–Crippen MR) is 96.9 cm³/mol. The Kier molecular flexibility index (Phi) is 6.78. The van der Waals surface area contributed by atoms with Crippen molar-refractivity contribution in [3.8, 4) is 0 Å². The first-order valence-electron chi connectivity index (χ1n) is 7.41. The van der Waals surface area contributed by atoms with E-state index in [0.717, 1.165) is 0 Å². The van der Waals surface area contributed by atoms with Crippen molar-refractivity contribution in [2.45, 2.75) is 57.1 Å². The fourth-order valence-corrected chi connectivity index (χ4v) is 4.03. The monoisotopic (exact) mass is 329 g/mol. The number of nitrogens with zero attached hydrogens (tertiary/aromatic N) is 3. The third-order valence-electron chi connectivity index (χ3n) is 3.08. The summed E-state index contributed by atoms with van der Waals surface area (Å²) in [6.07, 6.45) is 3.86. The summed E-state index contributed by atoms with van der Waals surface area (Å²) >= 11 is 0. The summed E-state index contributed by atoms with van der Waals surface area (Å²) in [6, 6.07) is -0.403. The van der Waals surface area contributed by atoms with Crippen LogP contribution in [0.4, 0.5) is 0 Å². The number of rotatable bonds is 3. The van der Waals surface area contributed by atoms with Gasteiger partial charge in [0.25, 0.3) is 0 Å². The molecule has 4 nitrogen and oxygen atoms in total. The van der Waals surface area contributed by atoms with Crippen molar-refractivity contribution < 1.29 is 4.79 Å². The maximum Gasteiger partial charge on any atom is 0.249 e. The average molecular weight is 330 g/mol. The number of amides is 1. The van der Waals surface area contributed by atoms with Crippen molar-refractivity contribution in [2.75, 3.05) is 19.6 Å². The summed E-state index contributed by atoms with van der Waals surface area (Å²) in [5.41, 5.74) is 0. The van der Waals surface area contributed by atoms with Crippen molar-refractivity contribution in [3.63, 3.8) is 0 Å². The Balaban J connectivity index is 2.99. The number of hydrogen-bond acceptors (Lipinski definition) is 5. The summed E-state index contributed by atoms with van der Waals surface area (Å²) in [5, 5.41) is 0. The number of likely N-dealkylation sites (N-methyl/N-ethyl adjacent to an activating group) is 1. The molecule has 1 aliphatic rings. The molecule has 0 saturated carbocycles. The van der Waals surface area contributed by atoms with E-state index in [1.165, 1.54) is 0 Å². The van der Waals surface area contributed by atoms with Gasteiger partial charge < -0.3 is 4.90 Å². The number of carbonyl (C=O) groups excluding carboxylic acids is 1. The van der Waals surface area contributed by atoms with E-state index in [9.17, 15) is 4.79 Å². The zero-order valence-electron chi connectivity index (χ0n) is 13.9. The SMILES string of the molecule is CCN(CC)C(=O)C1C/N=C\C(C)(C)SSC(C)(C)/C=N\1. The molecule has 0 aliphatic carbocycles. The molecule has 120 valence electrons. The molecule has 6 heteroatoms. The Morgan fingerprint density at radius 1 is 1.14 bits per heavy atom. The van der Waals surface area contributed by atoms with Gasteiger partial charge in [-0.3, -0.25) is 14.8 Å². The standard InChI is InChI=1S/C15H27N3OS2/c1-7-18(8-2)13(19)12-9-16-10-14(3,4)20-21-15(5,6)11-17-12/h10-12H,7-9H2,1-6H3/b16-10-,17-11-. The molecule has 0 aromatic carbocycles. The third-order valence-corrected chi connectivity index (χ3v) is 7.06. The van der Waals surface area contributed by atoms with Gasteiger partial charge in [-0.2, -0.15) is 0 Å². The predicted octanol–water partition coefficient (Wildman–Crippen LogP) is 3.32. The lowest BCUT2D eigenvalue weighted by Gasteiger charge is -2.27. The Morgan fingerprint density at radius 2 is 1.67 bits per heavy atom. The molecule has 0 spiro atoms. The van der Waals surface area contributed by atoms with E-state index >= 15 is 0 Å². The van der Waals surface area contributed by atoms with Crippen LogP contribution in [-0.4, -0.2) is 58.4 Å². The van der Waals surface area contributed by atoms with Crippen LogP contribution in [-0.2, 0) is 4.79 Å². The molecule has 0 saturated heterocycles. The van der Waals surface area contributed by atoms with Gasteiger partial charge in [0, 0.05) is 25.5 Å². The lowest BCUT2D eigenvalue weighted by atomic mass is 10.2. The van der Waals surface area contributed by atoms with E-state index in [0.29, 0.717) is 19.6 Å². The van der Waals surface area contributed by atoms with Crippen molar-refractivity contribution in [1.29, 1.82) is 0 Å². The number of hydrogen-bond donors (Lipinski definition) is 0. The van der Waals surface area contributed by atoms with Gasteiger partial charge in [0.2, 0.25) is 5.91 Å². The summed E-state index contributed by atoms with van der Waals surface area (Å²) in [7, 11) is 3.56. The van der Waals surface area contributed by atoms with Crippen molar-refractivity contribution in [1.82, 2.24) is 4.90 Å². The summed E-state index contributed by atoms with van der Waals surface area (Å²) < 4.78 is -0.148. The van der Waals surface area contributed by atoms with Crippen LogP contribution < -0.4 is 0 Å². The van der Waals surface area contributed by atoms with Crippen molar-refractivity contribution in [3.05, 3.63) is 0 Å². The summed E-state index contributed by atoms with van der Waals surface area (Å²) in [4.78, 5) is 23.3. The molecule has 0 N–H and O–H groups in total. The van der Waals surface area contributed by atoms with E-state index in [1.807, 2.05) is 31.2 Å². The minimum Gasteiger partial charge on any atom is -0.341 e. The van der Waals surface area contributed by atoms with Crippen LogP contribution >= 0.6 is 21.6 Å². The molecule has 0 radical (unpaired) electrons. The van der Waals surface area contributed by atoms with Crippen molar-refractivity contribution in [2.24, 2.45) is 9.98 Å². The Hall–Kier alpha value is -0.490. The molecule has 21 heavy (non-hydrogen) atoms. The highest BCUT2D eigenvalue weighted by Crippen LogP contribution is 2.42. The van der Waals surface area contributed by atoms with E-state index in [1.54, 1.807) is 21.6 Å². The highest BCUT2D eigenvalue weighted by atomic mass is 33.1. The fraction of sp³-hybridized carbons (Fsp3) is 0.800. The molecular formula is C15H27N3OS2. The second kappa shape index (κ2) is 7.68. The van der Waals surface area contributed by atoms with E-state index < -0.39 is 6.04 Å². The first-order valence-corrected chi connectivity index (χ1v) is 9.56. The molecule has 0 fully saturated rings. The van der Waals surface area contributed by atoms with E-state index in [-0.39, 0.29) is 15.4 Å². The van der Waals surface area contributed by atoms with Gasteiger partial charge in [0.15, 0.2) is 0 Å². The van der Waals surface area contributed by atoms with Crippen molar-refractivity contribution >= 4 is 39.9 Å². The first-order chi connectivity index (χ1) is 9.71. The van der Waals surface area contributed by atoms with Gasteiger partial charge in [-0.25, -0.2) is 0 Å². The van der Waals surface area contributed by atoms with Crippen LogP contribution in [0.2, 0.25) is 0 Å². The smallest absolute Gasteiger partial charge is 0.249 e.